The van der Waals surface area contributed by atoms with Gasteiger partial charge in [0, 0.05) is 16.9 Å². The largest absolute Gasteiger partial charge is 0.326 e. The lowest BCUT2D eigenvalue weighted by Gasteiger charge is -2.08. The molecule has 3 N–H and O–H groups in total. The quantitative estimate of drug-likeness (QED) is 0.704. The number of rotatable bonds is 5. The number of hydrogen-bond acceptors (Lipinski definition) is 4. The second-order valence-electron chi connectivity index (χ2n) is 6.19. The smallest absolute Gasteiger partial charge is 0.238 e. The molecule has 1 aromatic heterocycles. The third-order valence-electron chi connectivity index (χ3n) is 4.23. The second kappa shape index (κ2) is 7.34. The minimum atomic E-state index is -3.83. The van der Waals surface area contributed by atoms with Crippen molar-refractivity contribution in [3.63, 3.8) is 0 Å². The van der Waals surface area contributed by atoms with E-state index in [1.807, 2.05) is 44.2 Å². The molecule has 0 unspecified atom stereocenters. The van der Waals surface area contributed by atoms with Crippen LogP contribution in [0.3, 0.4) is 0 Å². The van der Waals surface area contributed by atoms with Crippen LogP contribution in [0.15, 0.2) is 59.5 Å². The molecule has 1 amide bonds. The first-order chi connectivity index (χ1) is 12.8. The maximum absolute atomic E-state index is 12.5. The molecule has 0 aliphatic carbocycles. The van der Waals surface area contributed by atoms with Gasteiger partial charge in [-0.1, -0.05) is 24.3 Å². The summed E-state index contributed by atoms with van der Waals surface area (Å²) in [6, 6.07) is 15.5. The van der Waals surface area contributed by atoms with Gasteiger partial charge in [0.1, 0.15) is 0 Å². The molecular formula is C19H20N4O3S. The van der Waals surface area contributed by atoms with Crippen molar-refractivity contribution >= 4 is 21.6 Å². The molecule has 0 bridgehead atoms. The summed E-state index contributed by atoms with van der Waals surface area (Å²) in [7, 11) is -3.83. The Balaban J connectivity index is 1.80. The van der Waals surface area contributed by atoms with E-state index in [4.69, 9.17) is 5.14 Å². The van der Waals surface area contributed by atoms with Crippen LogP contribution in [0.2, 0.25) is 0 Å². The zero-order valence-electron chi connectivity index (χ0n) is 15.0. The number of nitrogens with one attached hydrogen (secondary N) is 1. The molecule has 140 valence electrons. The number of para-hydroxylation sites is 1. The highest BCUT2D eigenvalue weighted by atomic mass is 32.2. The summed E-state index contributed by atoms with van der Waals surface area (Å²) in [5, 5.41) is 12.4. The van der Waals surface area contributed by atoms with Gasteiger partial charge < -0.3 is 5.32 Å². The van der Waals surface area contributed by atoms with Gasteiger partial charge in [0.05, 0.1) is 22.7 Å². The second-order valence-corrected chi connectivity index (χ2v) is 7.76. The molecule has 3 rings (SSSR count). The topological polar surface area (TPSA) is 107 Å². The highest BCUT2D eigenvalue weighted by molar-refractivity contribution is 7.89. The molecule has 2 aromatic carbocycles. The summed E-state index contributed by atoms with van der Waals surface area (Å²) < 4.78 is 24.7. The van der Waals surface area contributed by atoms with Gasteiger partial charge in [-0.25, -0.2) is 18.2 Å². The number of primary sulfonamides is 1. The molecule has 0 radical (unpaired) electrons. The first-order valence-corrected chi connectivity index (χ1v) is 9.83. The predicted molar refractivity (Wildman–Crippen MR) is 103 cm³/mol. The monoisotopic (exact) mass is 384 g/mol. The van der Waals surface area contributed by atoms with E-state index in [-0.39, 0.29) is 17.2 Å². The highest BCUT2D eigenvalue weighted by Gasteiger charge is 2.16. The zero-order valence-corrected chi connectivity index (χ0v) is 15.8. The lowest BCUT2D eigenvalue weighted by Crippen LogP contribution is -2.17. The van der Waals surface area contributed by atoms with Crippen molar-refractivity contribution < 1.29 is 13.2 Å². The average molecular weight is 384 g/mol. The molecule has 1 heterocycles. The average Bonchev–Trinajstić information content (AvgIpc) is 2.90. The van der Waals surface area contributed by atoms with Crippen LogP contribution in [-0.4, -0.2) is 24.1 Å². The molecule has 0 aliphatic rings. The maximum Gasteiger partial charge on any atom is 0.238 e. The van der Waals surface area contributed by atoms with Crippen molar-refractivity contribution in [2.45, 2.75) is 25.2 Å². The van der Waals surface area contributed by atoms with E-state index in [0.717, 1.165) is 22.6 Å². The number of hydrogen-bond donors (Lipinski definition) is 2. The van der Waals surface area contributed by atoms with Crippen LogP contribution in [0.5, 0.6) is 0 Å². The summed E-state index contributed by atoms with van der Waals surface area (Å²) in [6.45, 7) is 3.77. The highest BCUT2D eigenvalue weighted by Crippen LogP contribution is 2.19. The molecular weight excluding hydrogens is 364 g/mol. The molecule has 0 aliphatic heterocycles. The lowest BCUT2D eigenvalue weighted by atomic mass is 10.1. The number of aromatic nitrogens is 2. The van der Waals surface area contributed by atoms with Crippen molar-refractivity contribution in [2.75, 3.05) is 5.32 Å². The van der Waals surface area contributed by atoms with E-state index < -0.39 is 10.0 Å². The number of nitrogens with two attached hydrogens (primary N) is 1. The summed E-state index contributed by atoms with van der Waals surface area (Å²) in [5.41, 5.74) is 3.78. The van der Waals surface area contributed by atoms with Crippen LogP contribution in [-0.2, 0) is 21.2 Å². The van der Waals surface area contributed by atoms with Crippen LogP contribution in [0.4, 0.5) is 5.69 Å². The third-order valence-corrected chi connectivity index (χ3v) is 5.14. The van der Waals surface area contributed by atoms with Gasteiger partial charge in [-0.05, 0) is 44.2 Å². The number of amides is 1. The third kappa shape index (κ3) is 4.24. The number of aryl methyl sites for hydroxylation is 1. The Morgan fingerprint density at radius 3 is 2.48 bits per heavy atom. The van der Waals surface area contributed by atoms with Crippen LogP contribution in [0, 0.1) is 13.8 Å². The van der Waals surface area contributed by atoms with E-state index in [9.17, 15) is 13.2 Å². The number of nitrogens with zero attached hydrogens (tertiary/aromatic N) is 2. The summed E-state index contributed by atoms with van der Waals surface area (Å²) >= 11 is 0. The Labute approximate surface area is 157 Å². The van der Waals surface area contributed by atoms with E-state index in [0.29, 0.717) is 5.69 Å². The van der Waals surface area contributed by atoms with Crippen molar-refractivity contribution in [1.29, 1.82) is 0 Å². The maximum atomic E-state index is 12.5. The van der Waals surface area contributed by atoms with Crippen molar-refractivity contribution in [2.24, 2.45) is 5.14 Å². The zero-order chi connectivity index (χ0) is 19.6. The van der Waals surface area contributed by atoms with E-state index >= 15 is 0 Å². The van der Waals surface area contributed by atoms with Crippen LogP contribution < -0.4 is 10.5 Å². The SMILES string of the molecule is Cc1nn(-c2ccccc2)c(C)c1CC(=O)Nc1cccc(S(N)(=O)=O)c1. The fourth-order valence-electron chi connectivity index (χ4n) is 2.87. The molecule has 0 fully saturated rings. The summed E-state index contributed by atoms with van der Waals surface area (Å²) in [5.74, 6) is -0.264. The van der Waals surface area contributed by atoms with E-state index in [2.05, 4.69) is 10.4 Å². The van der Waals surface area contributed by atoms with Crippen LogP contribution in [0.1, 0.15) is 17.0 Å². The number of anilines is 1. The van der Waals surface area contributed by atoms with Gasteiger partial charge in [0.15, 0.2) is 0 Å². The molecule has 0 spiro atoms. The van der Waals surface area contributed by atoms with Crippen molar-refractivity contribution in [1.82, 2.24) is 9.78 Å². The predicted octanol–water partition coefficient (Wildman–Crippen LogP) is 2.32. The number of carbonyl (C=O) groups excluding carboxylic acids is 1. The summed E-state index contributed by atoms with van der Waals surface area (Å²) in [4.78, 5) is 12.4. The van der Waals surface area contributed by atoms with E-state index in [1.54, 1.807) is 10.7 Å². The number of carbonyl (C=O) groups is 1. The van der Waals surface area contributed by atoms with Gasteiger partial charge in [-0.15, -0.1) is 0 Å². The van der Waals surface area contributed by atoms with Crippen LogP contribution >= 0.6 is 0 Å². The van der Waals surface area contributed by atoms with Gasteiger partial charge in [-0.2, -0.15) is 5.10 Å². The number of sulfonamides is 1. The van der Waals surface area contributed by atoms with Crippen LogP contribution in [0.25, 0.3) is 5.69 Å². The molecule has 0 atom stereocenters. The minimum absolute atomic E-state index is 0.0513. The summed E-state index contributed by atoms with van der Waals surface area (Å²) in [6.07, 6.45) is 0.129. The normalized spacial score (nSPS) is 11.4. The molecule has 0 saturated heterocycles. The first kappa shape index (κ1) is 18.8. The Kier molecular flexibility index (Phi) is 5.11. The molecule has 7 nitrogen and oxygen atoms in total. The van der Waals surface area contributed by atoms with Crippen molar-refractivity contribution in [3.05, 3.63) is 71.5 Å². The van der Waals surface area contributed by atoms with Gasteiger partial charge >= 0.3 is 0 Å². The molecule has 0 saturated carbocycles. The fourth-order valence-corrected chi connectivity index (χ4v) is 3.43. The van der Waals surface area contributed by atoms with Gasteiger partial charge in [0.25, 0.3) is 0 Å². The van der Waals surface area contributed by atoms with Gasteiger partial charge in [0.2, 0.25) is 15.9 Å². The molecule has 3 aromatic rings. The molecule has 8 heteroatoms. The van der Waals surface area contributed by atoms with E-state index in [1.165, 1.54) is 18.2 Å². The Bertz CT molecular complexity index is 1090. The fraction of sp³-hybridized carbons (Fsp3) is 0.158. The standard InChI is InChI=1S/C19H20N4O3S/c1-13-18(14(2)23(22-13)16-8-4-3-5-9-16)12-19(24)21-15-7-6-10-17(11-15)27(20,25)26/h3-11H,12H2,1-2H3,(H,21,24)(H2,20,25,26). The Hall–Kier alpha value is -2.97. The molecule has 27 heavy (non-hydrogen) atoms. The Morgan fingerprint density at radius 2 is 1.81 bits per heavy atom. The lowest BCUT2D eigenvalue weighted by molar-refractivity contribution is -0.115. The van der Waals surface area contributed by atoms with Crippen molar-refractivity contribution in [3.8, 4) is 5.69 Å². The minimum Gasteiger partial charge on any atom is -0.326 e. The number of benzene rings is 2. The van der Waals surface area contributed by atoms with Gasteiger partial charge in [-0.3, -0.25) is 4.79 Å². The Morgan fingerprint density at radius 1 is 1.11 bits per heavy atom. The first-order valence-electron chi connectivity index (χ1n) is 8.29.